The Kier molecular flexibility index (Phi) is 3.03. The van der Waals surface area contributed by atoms with E-state index in [-0.39, 0.29) is 12.1 Å². The highest BCUT2D eigenvalue weighted by atomic mass is 16.5. The average molecular weight is 287 g/mol. The standard InChI is InChI=1S/C15H17N3O3/c1-19-10-4-2-3-9(7-10)14-17-15(21-18-14)16-12-8-11-5-6-13(12)20-11/h2-4,7,11-13H,5-6,8H2,1H3,(H,16,17,18)/t11-,12+,13-/m1/s1. The van der Waals surface area contributed by atoms with E-state index in [0.29, 0.717) is 17.9 Å². The van der Waals surface area contributed by atoms with Gasteiger partial charge in [-0.2, -0.15) is 4.98 Å². The molecule has 1 aromatic carbocycles. The minimum atomic E-state index is 0.280. The molecule has 0 amide bonds. The largest absolute Gasteiger partial charge is 0.497 e. The van der Waals surface area contributed by atoms with Crippen molar-refractivity contribution in [1.29, 1.82) is 0 Å². The fourth-order valence-corrected chi connectivity index (χ4v) is 3.11. The topological polar surface area (TPSA) is 69.4 Å². The Morgan fingerprint density at radius 3 is 3.05 bits per heavy atom. The van der Waals surface area contributed by atoms with Gasteiger partial charge in [-0.3, -0.25) is 0 Å². The second-order valence-electron chi connectivity index (χ2n) is 5.52. The highest BCUT2D eigenvalue weighted by molar-refractivity contribution is 5.58. The molecule has 2 fully saturated rings. The molecule has 0 spiro atoms. The van der Waals surface area contributed by atoms with E-state index in [1.54, 1.807) is 7.11 Å². The molecule has 4 rings (SSSR count). The first kappa shape index (κ1) is 12.6. The van der Waals surface area contributed by atoms with Crippen LogP contribution in [0.3, 0.4) is 0 Å². The maximum atomic E-state index is 5.81. The summed E-state index contributed by atoms with van der Waals surface area (Å²) in [7, 11) is 1.64. The van der Waals surface area contributed by atoms with Crippen LogP contribution in [-0.4, -0.2) is 35.5 Å². The van der Waals surface area contributed by atoms with Gasteiger partial charge in [0.15, 0.2) is 0 Å². The first-order valence-electron chi connectivity index (χ1n) is 7.22. The number of aromatic nitrogens is 2. The zero-order valence-electron chi connectivity index (χ0n) is 11.8. The van der Waals surface area contributed by atoms with Crippen molar-refractivity contribution in [3.05, 3.63) is 24.3 Å². The third-order valence-electron chi connectivity index (χ3n) is 4.17. The van der Waals surface area contributed by atoms with Crippen molar-refractivity contribution < 1.29 is 14.0 Å². The van der Waals surface area contributed by atoms with Crippen LogP contribution < -0.4 is 10.1 Å². The van der Waals surface area contributed by atoms with Gasteiger partial charge in [0, 0.05) is 5.56 Å². The van der Waals surface area contributed by atoms with Gasteiger partial charge in [-0.15, -0.1) is 0 Å². The van der Waals surface area contributed by atoms with Crippen LogP contribution in [0.15, 0.2) is 28.8 Å². The lowest BCUT2D eigenvalue weighted by molar-refractivity contribution is 0.102. The zero-order valence-corrected chi connectivity index (χ0v) is 11.8. The number of hydrogen-bond donors (Lipinski definition) is 1. The highest BCUT2D eigenvalue weighted by Gasteiger charge is 2.41. The summed E-state index contributed by atoms with van der Waals surface area (Å²) >= 11 is 0. The van der Waals surface area contributed by atoms with Crippen LogP contribution in [0.1, 0.15) is 19.3 Å². The van der Waals surface area contributed by atoms with Gasteiger partial charge in [0.25, 0.3) is 0 Å². The van der Waals surface area contributed by atoms with Crippen molar-refractivity contribution in [3.63, 3.8) is 0 Å². The summed E-state index contributed by atoms with van der Waals surface area (Å²) in [6.45, 7) is 0. The van der Waals surface area contributed by atoms with Crippen LogP contribution in [0.4, 0.5) is 6.01 Å². The molecule has 2 bridgehead atoms. The maximum Gasteiger partial charge on any atom is 0.322 e. The van der Waals surface area contributed by atoms with Gasteiger partial charge >= 0.3 is 6.01 Å². The van der Waals surface area contributed by atoms with Gasteiger partial charge in [-0.05, 0) is 31.4 Å². The minimum absolute atomic E-state index is 0.280. The summed E-state index contributed by atoms with van der Waals surface area (Å²) in [5.41, 5.74) is 0.871. The Bertz CT molecular complexity index is 643. The smallest absolute Gasteiger partial charge is 0.322 e. The van der Waals surface area contributed by atoms with Crippen LogP contribution in [-0.2, 0) is 4.74 Å². The van der Waals surface area contributed by atoms with Crippen LogP contribution >= 0.6 is 0 Å². The van der Waals surface area contributed by atoms with Gasteiger partial charge in [-0.25, -0.2) is 0 Å². The normalized spacial score (nSPS) is 27.0. The van der Waals surface area contributed by atoms with Crippen LogP contribution in [0.5, 0.6) is 5.75 Å². The van der Waals surface area contributed by atoms with E-state index in [0.717, 1.165) is 24.2 Å². The number of nitrogens with zero attached hydrogens (tertiary/aromatic N) is 2. The van der Waals surface area contributed by atoms with Crippen LogP contribution in [0.2, 0.25) is 0 Å². The second-order valence-corrected chi connectivity index (χ2v) is 5.52. The number of anilines is 1. The minimum Gasteiger partial charge on any atom is -0.497 e. The van der Waals surface area contributed by atoms with E-state index < -0.39 is 0 Å². The Hall–Kier alpha value is -2.08. The fraction of sp³-hybridized carbons (Fsp3) is 0.467. The summed E-state index contributed by atoms with van der Waals surface area (Å²) in [5, 5.41) is 7.32. The molecule has 2 aliphatic rings. The molecule has 0 aliphatic carbocycles. The van der Waals surface area contributed by atoms with Crippen molar-refractivity contribution in [3.8, 4) is 17.1 Å². The monoisotopic (exact) mass is 287 g/mol. The summed E-state index contributed by atoms with van der Waals surface area (Å²) in [5.74, 6) is 1.33. The molecular weight excluding hydrogens is 270 g/mol. The van der Waals surface area contributed by atoms with Crippen LogP contribution in [0, 0.1) is 0 Å². The maximum absolute atomic E-state index is 5.81. The third kappa shape index (κ3) is 2.35. The number of methoxy groups -OCH3 is 1. The number of rotatable bonds is 4. The summed E-state index contributed by atoms with van der Waals surface area (Å²) in [4.78, 5) is 4.40. The van der Waals surface area contributed by atoms with E-state index in [4.69, 9.17) is 14.0 Å². The van der Waals surface area contributed by atoms with Gasteiger partial charge in [0.1, 0.15) is 5.75 Å². The van der Waals surface area contributed by atoms with Gasteiger partial charge in [0.05, 0.1) is 25.4 Å². The molecule has 21 heavy (non-hydrogen) atoms. The Labute approximate surface area is 122 Å². The lowest BCUT2D eigenvalue weighted by atomic mass is 9.96. The predicted molar refractivity (Wildman–Crippen MR) is 76.2 cm³/mol. The highest BCUT2D eigenvalue weighted by Crippen LogP contribution is 2.36. The molecule has 3 atom stereocenters. The molecular formula is C15H17N3O3. The summed E-state index contributed by atoms with van der Waals surface area (Å²) in [6.07, 6.45) is 3.97. The van der Waals surface area contributed by atoms with Gasteiger partial charge < -0.3 is 19.3 Å². The molecule has 1 N–H and O–H groups in total. The van der Waals surface area contributed by atoms with Crippen molar-refractivity contribution in [1.82, 2.24) is 10.1 Å². The van der Waals surface area contributed by atoms with E-state index in [2.05, 4.69) is 15.5 Å². The predicted octanol–water partition coefficient (Wildman–Crippen LogP) is 2.48. The Balaban J connectivity index is 1.50. The van der Waals surface area contributed by atoms with Crippen LogP contribution in [0.25, 0.3) is 11.4 Å². The molecule has 2 saturated heterocycles. The number of nitrogens with one attached hydrogen (secondary N) is 1. The van der Waals surface area contributed by atoms with Gasteiger partial charge in [0.2, 0.25) is 5.82 Å². The molecule has 2 aromatic rings. The number of hydrogen-bond acceptors (Lipinski definition) is 6. The lowest BCUT2D eigenvalue weighted by Gasteiger charge is -2.18. The summed E-state index contributed by atoms with van der Waals surface area (Å²) < 4.78 is 16.3. The van der Waals surface area contributed by atoms with E-state index >= 15 is 0 Å². The van der Waals surface area contributed by atoms with Gasteiger partial charge in [-0.1, -0.05) is 17.3 Å². The number of ether oxygens (including phenoxy) is 2. The Morgan fingerprint density at radius 2 is 2.29 bits per heavy atom. The molecule has 2 aliphatic heterocycles. The van der Waals surface area contributed by atoms with Crippen molar-refractivity contribution in [2.75, 3.05) is 12.4 Å². The lowest BCUT2D eigenvalue weighted by Crippen LogP contribution is -2.30. The SMILES string of the molecule is COc1cccc(-c2noc(N[C@H]3C[C@H]4CC[C@H]3O4)n2)c1. The van der Waals surface area contributed by atoms with E-state index in [9.17, 15) is 0 Å². The first-order valence-corrected chi connectivity index (χ1v) is 7.22. The van der Waals surface area contributed by atoms with E-state index in [1.165, 1.54) is 6.42 Å². The molecule has 110 valence electrons. The second kappa shape index (κ2) is 5.04. The molecule has 0 radical (unpaired) electrons. The molecule has 6 nitrogen and oxygen atoms in total. The fourth-order valence-electron chi connectivity index (χ4n) is 3.11. The van der Waals surface area contributed by atoms with Crippen molar-refractivity contribution >= 4 is 6.01 Å². The Morgan fingerprint density at radius 1 is 1.33 bits per heavy atom. The average Bonchev–Trinajstić information content (AvgIpc) is 3.24. The molecule has 0 unspecified atom stereocenters. The van der Waals surface area contributed by atoms with Crippen molar-refractivity contribution in [2.45, 2.75) is 37.5 Å². The first-order chi connectivity index (χ1) is 10.3. The quantitative estimate of drug-likeness (QED) is 0.931. The molecule has 3 heterocycles. The third-order valence-corrected chi connectivity index (χ3v) is 4.17. The number of fused-ring (bicyclic) bond motifs is 2. The molecule has 6 heteroatoms. The molecule has 1 aromatic heterocycles. The molecule has 0 saturated carbocycles. The van der Waals surface area contributed by atoms with Crippen molar-refractivity contribution in [2.24, 2.45) is 0 Å². The summed E-state index contributed by atoms with van der Waals surface area (Å²) in [6, 6.07) is 8.33. The van der Waals surface area contributed by atoms with E-state index in [1.807, 2.05) is 24.3 Å². The number of benzene rings is 1. The zero-order chi connectivity index (χ0) is 14.2.